The molecule has 8 aromatic rings. The molecule has 0 bridgehead atoms. The predicted molar refractivity (Wildman–Crippen MR) is 184 cm³/mol. The van der Waals surface area contributed by atoms with Crippen LogP contribution in [0.15, 0.2) is 134 Å². The van der Waals surface area contributed by atoms with E-state index in [0.717, 1.165) is 17.2 Å². The summed E-state index contributed by atoms with van der Waals surface area (Å²) in [5.41, 5.74) is 7.60. The van der Waals surface area contributed by atoms with Crippen LogP contribution < -0.4 is 4.90 Å². The Morgan fingerprint density at radius 2 is 1.33 bits per heavy atom. The van der Waals surface area contributed by atoms with Crippen molar-refractivity contribution in [3.8, 4) is 11.1 Å². The van der Waals surface area contributed by atoms with Crippen LogP contribution >= 0.6 is 11.3 Å². The third kappa shape index (κ3) is 3.62. The molecule has 0 saturated carbocycles. The highest BCUT2D eigenvalue weighted by Crippen LogP contribution is 2.50. The van der Waals surface area contributed by atoms with Gasteiger partial charge in [0.25, 0.3) is 0 Å². The average Bonchev–Trinajstić information content (AvgIpc) is 3.53. The second-order valence-electron chi connectivity index (χ2n) is 12.1. The maximum absolute atomic E-state index is 4.69. The number of benzene rings is 6. The number of para-hydroxylation sites is 1. The van der Waals surface area contributed by atoms with E-state index < -0.39 is 0 Å². The van der Waals surface area contributed by atoms with Gasteiger partial charge in [-0.1, -0.05) is 86.6 Å². The number of rotatable bonds is 4. The Morgan fingerprint density at radius 1 is 0.558 bits per heavy atom. The molecular weight excluding hydrogens is 541 g/mol. The first-order chi connectivity index (χ1) is 21.1. The van der Waals surface area contributed by atoms with Crippen LogP contribution in [0.5, 0.6) is 0 Å². The number of hydrogen-bond donors (Lipinski definition) is 0. The molecule has 0 fully saturated rings. The van der Waals surface area contributed by atoms with Crippen LogP contribution in [0.3, 0.4) is 0 Å². The minimum atomic E-state index is -0.0200. The molecule has 0 amide bonds. The first kappa shape index (κ1) is 24.6. The van der Waals surface area contributed by atoms with Gasteiger partial charge in [-0.15, -0.1) is 11.3 Å². The van der Waals surface area contributed by atoms with E-state index in [4.69, 9.17) is 4.98 Å². The van der Waals surface area contributed by atoms with Crippen LogP contribution in [0.2, 0.25) is 0 Å². The van der Waals surface area contributed by atoms with E-state index in [1.807, 2.05) is 29.7 Å². The summed E-state index contributed by atoms with van der Waals surface area (Å²) in [4.78, 5) is 6.92. The van der Waals surface area contributed by atoms with Crippen molar-refractivity contribution in [3.05, 3.63) is 145 Å². The van der Waals surface area contributed by atoms with Crippen molar-refractivity contribution in [2.75, 3.05) is 4.90 Å². The lowest BCUT2D eigenvalue weighted by molar-refractivity contribution is 0.663. The summed E-state index contributed by atoms with van der Waals surface area (Å²) in [6.45, 7) is 4.74. The van der Waals surface area contributed by atoms with Gasteiger partial charge < -0.3 is 0 Å². The van der Waals surface area contributed by atoms with Gasteiger partial charge in [0.2, 0.25) is 0 Å². The molecule has 0 radical (unpaired) electrons. The Balaban J connectivity index is 1.18. The lowest BCUT2D eigenvalue weighted by atomic mass is 9.81. The van der Waals surface area contributed by atoms with Gasteiger partial charge >= 0.3 is 0 Å². The minimum absolute atomic E-state index is 0.0200. The Hall–Kier alpha value is -4.99. The van der Waals surface area contributed by atoms with Crippen LogP contribution in [0.1, 0.15) is 25.0 Å². The molecule has 204 valence electrons. The summed E-state index contributed by atoms with van der Waals surface area (Å²) in [5, 5.41) is 8.12. The Kier molecular flexibility index (Phi) is 5.15. The average molecular weight is 569 g/mol. The molecule has 3 heteroatoms. The highest BCUT2D eigenvalue weighted by molar-refractivity contribution is 7.25. The van der Waals surface area contributed by atoms with E-state index in [0.29, 0.717) is 0 Å². The predicted octanol–water partition coefficient (Wildman–Crippen LogP) is 11.5. The summed E-state index contributed by atoms with van der Waals surface area (Å²) in [6, 6.07) is 46.5. The summed E-state index contributed by atoms with van der Waals surface area (Å²) < 4.78 is 2.58. The number of aromatic nitrogens is 1. The highest BCUT2D eigenvalue weighted by atomic mass is 32.1. The number of pyridine rings is 1. The fourth-order valence-corrected chi connectivity index (χ4v) is 8.31. The molecule has 43 heavy (non-hydrogen) atoms. The van der Waals surface area contributed by atoms with Crippen molar-refractivity contribution in [2.24, 2.45) is 0 Å². The molecule has 9 rings (SSSR count). The van der Waals surface area contributed by atoms with Crippen LogP contribution in [-0.4, -0.2) is 4.98 Å². The van der Waals surface area contributed by atoms with Gasteiger partial charge in [0.15, 0.2) is 0 Å². The third-order valence-electron chi connectivity index (χ3n) is 9.25. The molecule has 0 unspecified atom stereocenters. The normalized spacial score (nSPS) is 13.5. The van der Waals surface area contributed by atoms with Crippen molar-refractivity contribution < 1.29 is 0 Å². The van der Waals surface area contributed by atoms with E-state index >= 15 is 0 Å². The van der Waals surface area contributed by atoms with Crippen LogP contribution in [0, 0.1) is 0 Å². The number of hydrogen-bond acceptors (Lipinski definition) is 3. The van der Waals surface area contributed by atoms with Gasteiger partial charge in [-0.25, -0.2) is 4.98 Å². The van der Waals surface area contributed by atoms with Gasteiger partial charge in [-0.3, -0.25) is 4.90 Å². The van der Waals surface area contributed by atoms with Crippen LogP contribution in [-0.2, 0) is 5.41 Å². The maximum atomic E-state index is 4.69. The van der Waals surface area contributed by atoms with Gasteiger partial charge in [-0.2, -0.15) is 0 Å². The Bertz CT molecular complexity index is 2330. The van der Waals surface area contributed by atoms with Gasteiger partial charge in [0, 0.05) is 43.2 Å². The van der Waals surface area contributed by atoms with Crippen LogP contribution in [0.4, 0.5) is 17.2 Å². The quantitative estimate of drug-likeness (QED) is 0.196. The molecule has 0 saturated heterocycles. The van der Waals surface area contributed by atoms with Crippen LogP contribution in [0.25, 0.3) is 52.8 Å². The van der Waals surface area contributed by atoms with Crippen molar-refractivity contribution in [3.63, 3.8) is 0 Å². The zero-order valence-corrected chi connectivity index (χ0v) is 24.8. The largest absolute Gasteiger partial charge is 0.295 e. The Labute approximate surface area is 254 Å². The first-order valence-electron chi connectivity index (χ1n) is 14.8. The van der Waals surface area contributed by atoms with E-state index in [1.54, 1.807) is 0 Å². The molecule has 0 N–H and O–H groups in total. The molecule has 0 atom stereocenters. The molecule has 2 heterocycles. The van der Waals surface area contributed by atoms with E-state index in [-0.39, 0.29) is 5.41 Å². The second kappa shape index (κ2) is 9.00. The van der Waals surface area contributed by atoms with Gasteiger partial charge in [0.1, 0.15) is 5.82 Å². The number of nitrogens with zero attached hydrogens (tertiary/aromatic N) is 2. The zero-order valence-electron chi connectivity index (χ0n) is 24.0. The lowest BCUT2D eigenvalue weighted by Crippen LogP contribution is -2.15. The molecule has 0 spiro atoms. The minimum Gasteiger partial charge on any atom is -0.295 e. The van der Waals surface area contributed by atoms with E-state index in [9.17, 15) is 0 Å². The highest BCUT2D eigenvalue weighted by Gasteiger charge is 2.34. The molecule has 6 aromatic carbocycles. The lowest BCUT2D eigenvalue weighted by Gasteiger charge is -2.24. The molecule has 1 aliphatic carbocycles. The zero-order chi connectivity index (χ0) is 28.7. The summed E-state index contributed by atoms with van der Waals surface area (Å²) in [7, 11) is 0. The smallest absolute Gasteiger partial charge is 0.137 e. The summed E-state index contributed by atoms with van der Waals surface area (Å²) in [6.07, 6.45) is 1.85. The van der Waals surface area contributed by atoms with Gasteiger partial charge in [-0.05, 0) is 98.4 Å². The fourth-order valence-electron chi connectivity index (χ4n) is 7.13. The van der Waals surface area contributed by atoms with Crippen molar-refractivity contribution in [1.82, 2.24) is 4.98 Å². The van der Waals surface area contributed by atoms with Crippen molar-refractivity contribution >= 4 is 70.2 Å². The summed E-state index contributed by atoms with van der Waals surface area (Å²) in [5.74, 6) is 0.906. The van der Waals surface area contributed by atoms with Crippen molar-refractivity contribution in [2.45, 2.75) is 19.3 Å². The Morgan fingerprint density at radius 3 is 2.16 bits per heavy atom. The first-order valence-corrected chi connectivity index (χ1v) is 15.6. The standard InChI is InChI=1S/C40H28N2S/c1-40(2)33-12-8-9-25-14-15-27-21-28(22-34(40)39(27)38(25)33)26-16-18-31-32-19-17-30(24-36(32)43-35(31)23-26)42(29-10-4-3-5-11-29)37-13-6-7-20-41-37/h3-24H,1-2H3. The fraction of sp³-hybridized carbons (Fsp3) is 0.0750. The monoisotopic (exact) mass is 568 g/mol. The third-order valence-corrected chi connectivity index (χ3v) is 10.4. The topological polar surface area (TPSA) is 16.1 Å². The molecule has 2 aromatic heterocycles. The number of fused-ring (bicyclic) bond motifs is 3. The van der Waals surface area contributed by atoms with Gasteiger partial charge in [0.05, 0.1) is 0 Å². The molecular formula is C40H28N2S. The SMILES string of the molecule is CC1(C)c2cccc3ccc4cc(-c5ccc6c(c5)sc5cc(N(c7ccccc7)c7ccccn7)ccc56)cc1c4c23. The summed E-state index contributed by atoms with van der Waals surface area (Å²) >= 11 is 1.87. The van der Waals surface area contributed by atoms with E-state index in [1.165, 1.54) is 64.0 Å². The van der Waals surface area contributed by atoms with E-state index in [2.05, 4.69) is 134 Å². The maximum Gasteiger partial charge on any atom is 0.137 e. The number of thiophene rings is 1. The second-order valence-corrected chi connectivity index (χ2v) is 13.2. The molecule has 1 aliphatic rings. The molecule has 2 nitrogen and oxygen atoms in total. The molecule has 0 aliphatic heterocycles. The van der Waals surface area contributed by atoms with Crippen molar-refractivity contribution in [1.29, 1.82) is 0 Å². The number of anilines is 3.